The predicted octanol–water partition coefficient (Wildman–Crippen LogP) is 0.723. The highest BCUT2D eigenvalue weighted by atomic mass is 16.2. The van der Waals surface area contributed by atoms with Gasteiger partial charge in [0.15, 0.2) is 0 Å². The zero-order chi connectivity index (χ0) is 11.7. The fourth-order valence-electron chi connectivity index (χ4n) is 2.33. The van der Waals surface area contributed by atoms with Crippen molar-refractivity contribution in [3.8, 4) is 0 Å². The summed E-state index contributed by atoms with van der Waals surface area (Å²) in [4.78, 5) is 27.0. The maximum absolute atomic E-state index is 12.1. The van der Waals surface area contributed by atoms with Crippen LogP contribution in [0.1, 0.15) is 26.7 Å². The summed E-state index contributed by atoms with van der Waals surface area (Å²) < 4.78 is 0. The van der Waals surface area contributed by atoms with Crippen molar-refractivity contribution in [2.75, 3.05) is 26.2 Å². The molecule has 0 aromatic rings. The smallest absolute Gasteiger partial charge is 0.225 e. The Balaban J connectivity index is 1.83. The second-order valence-electron chi connectivity index (χ2n) is 4.96. The molecule has 1 saturated heterocycles. The molecule has 0 spiro atoms. The summed E-state index contributed by atoms with van der Waals surface area (Å²) in [5.74, 6) is 1.20. The first kappa shape index (κ1) is 11.4. The van der Waals surface area contributed by atoms with E-state index in [2.05, 4.69) is 0 Å². The molecule has 1 heterocycles. The molecule has 1 aliphatic carbocycles. The van der Waals surface area contributed by atoms with Gasteiger partial charge in [-0.15, -0.1) is 0 Å². The standard InChI is InChI=1S/C12H20N2O2/c1-9(11-3-4-11)12(16)14-7-5-13(6-8-14)10(2)15/h9,11H,3-8H2,1-2H3. The Morgan fingerprint density at radius 2 is 1.56 bits per heavy atom. The van der Waals surface area contributed by atoms with Gasteiger partial charge in [0.1, 0.15) is 0 Å². The van der Waals surface area contributed by atoms with Crippen molar-refractivity contribution in [1.29, 1.82) is 0 Å². The summed E-state index contributed by atoms with van der Waals surface area (Å²) >= 11 is 0. The monoisotopic (exact) mass is 224 g/mol. The van der Waals surface area contributed by atoms with Crippen LogP contribution in [0, 0.1) is 11.8 Å². The van der Waals surface area contributed by atoms with E-state index in [9.17, 15) is 9.59 Å². The molecule has 2 fully saturated rings. The first-order chi connectivity index (χ1) is 7.59. The lowest BCUT2D eigenvalue weighted by Crippen LogP contribution is -2.51. The molecule has 16 heavy (non-hydrogen) atoms. The van der Waals surface area contributed by atoms with Crippen LogP contribution in [-0.2, 0) is 9.59 Å². The van der Waals surface area contributed by atoms with Crippen molar-refractivity contribution in [3.63, 3.8) is 0 Å². The lowest BCUT2D eigenvalue weighted by Gasteiger charge is -2.35. The average Bonchev–Trinajstić information content (AvgIpc) is 3.11. The summed E-state index contributed by atoms with van der Waals surface area (Å²) in [7, 11) is 0. The van der Waals surface area contributed by atoms with Crippen LogP contribution in [0.2, 0.25) is 0 Å². The van der Waals surface area contributed by atoms with Crippen LogP contribution in [0.15, 0.2) is 0 Å². The highest BCUT2D eigenvalue weighted by Gasteiger charge is 2.35. The van der Waals surface area contributed by atoms with Crippen LogP contribution in [0.5, 0.6) is 0 Å². The Labute approximate surface area is 96.6 Å². The van der Waals surface area contributed by atoms with Gasteiger partial charge in [0.2, 0.25) is 11.8 Å². The van der Waals surface area contributed by atoms with E-state index in [1.807, 2.05) is 16.7 Å². The molecule has 1 atom stereocenters. The average molecular weight is 224 g/mol. The third-order valence-electron chi connectivity index (χ3n) is 3.76. The lowest BCUT2D eigenvalue weighted by molar-refractivity contribution is -0.141. The molecule has 0 bridgehead atoms. The molecule has 4 nitrogen and oxygen atoms in total. The van der Waals surface area contributed by atoms with Gasteiger partial charge in [-0.3, -0.25) is 9.59 Å². The molecule has 0 aromatic heterocycles. The van der Waals surface area contributed by atoms with Gasteiger partial charge >= 0.3 is 0 Å². The third kappa shape index (κ3) is 2.36. The van der Waals surface area contributed by atoms with Crippen molar-refractivity contribution in [2.45, 2.75) is 26.7 Å². The molecule has 90 valence electrons. The largest absolute Gasteiger partial charge is 0.339 e. The summed E-state index contributed by atoms with van der Waals surface area (Å²) in [6.45, 7) is 6.42. The van der Waals surface area contributed by atoms with Gasteiger partial charge in [0, 0.05) is 39.0 Å². The van der Waals surface area contributed by atoms with E-state index in [1.165, 1.54) is 12.8 Å². The third-order valence-corrected chi connectivity index (χ3v) is 3.76. The number of piperazine rings is 1. The van der Waals surface area contributed by atoms with E-state index in [0.717, 1.165) is 0 Å². The van der Waals surface area contributed by atoms with Gasteiger partial charge in [-0.1, -0.05) is 6.92 Å². The summed E-state index contributed by atoms with van der Waals surface area (Å²) in [6, 6.07) is 0. The fourth-order valence-corrected chi connectivity index (χ4v) is 2.33. The first-order valence-electron chi connectivity index (χ1n) is 6.14. The number of hydrogen-bond acceptors (Lipinski definition) is 2. The van der Waals surface area contributed by atoms with E-state index >= 15 is 0 Å². The van der Waals surface area contributed by atoms with Crippen molar-refractivity contribution < 1.29 is 9.59 Å². The molecule has 4 heteroatoms. The van der Waals surface area contributed by atoms with Crippen molar-refractivity contribution in [2.24, 2.45) is 11.8 Å². The van der Waals surface area contributed by atoms with Crippen LogP contribution in [0.4, 0.5) is 0 Å². The summed E-state index contributed by atoms with van der Waals surface area (Å²) in [6.07, 6.45) is 2.42. The van der Waals surface area contributed by atoms with Gasteiger partial charge in [-0.25, -0.2) is 0 Å². The summed E-state index contributed by atoms with van der Waals surface area (Å²) in [5.41, 5.74) is 0. The van der Waals surface area contributed by atoms with Crippen LogP contribution >= 0.6 is 0 Å². The maximum atomic E-state index is 12.1. The van der Waals surface area contributed by atoms with Crippen LogP contribution in [-0.4, -0.2) is 47.8 Å². The van der Waals surface area contributed by atoms with Gasteiger partial charge in [-0.05, 0) is 18.8 Å². The van der Waals surface area contributed by atoms with Crippen LogP contribution in [0.25, 0.3) is 0 Å². The van der Waals surface area contributed by atoms with E-state index in [0.29, 0.717) is 32.1 Å². The van der Waals surface area contributed by atoms with E-state index in [1.54, 1.807) is 6.92 Å². The van der Waals surface area contributed by atoms with Crippen LogP contribution < -0.4 is 0 Å². The van der Waals surface area contributed by atoms with Crippen molar-refractivity contribution in [3.05, 3.63) is 0 Å². The molecule has 0 N–H and O–H groups in total. The Morgan fingerprint density at radius 1 is 1.06 bits per heavy atom. The van der Waals surface area contributed by atoms with E-state index in [-0.39, 0.29) is 17.7 Å². The highest BCUT2D eigenvalue weighted by molar-refractivity contribution is 5.80. The predicted molar refractivity (Wildman–Crippen MR) is 60.7 cm³/mol. The SMILES string of the molecule is CC(=O)N1CCN(C(=O)C(C)C2CC2)CC1. The molecule has 1 aliphatic heterocycles. The normalized spacial score (nSPS) is 23.1. The maximum Gasteiger partial charge on any atom is 0.225 e. The van der Waals surface area contributed by atoms with Gasteiger partial charge < -0.3 is 9.80 Å². The Bertz CT molecular complexity index is 291. The molecule has 0 aromatic carbocycles. The Kier molecular flexibility index (Phi) is 3.17. The highest BCUT2D eigenvalue weighted by Crippen LogP contribution is 2.37. The number of rotatable bonds is 2. The quantitative estimate of drug-likeness (QED) is 0.693. The molecular formula is C12H20N2O2. The van der Waals surface area contributed by atoms with E-state index < -0.39 is 0 Å². The van der Waals surface area contributed by atoms with Crippen molar-refractivity contribution in [1.82, 2.24) is 9.80 Å². The first-order valence-corrected chi connectivity index (χ1v) is 6.14. The minimum absolute atomic E-state index is 0.113. The van der Waals surface area contributed by atoms with E-state index in [4.69, 9.17) is 0 Å². The lowest BCUT2D eigenvalue weighted by atomic mass is 10.0. The molecule has 2 aliphatic rings. The van der Waals surface area contributed by atoms with Gasteiger partial charge in [-0.2, -0.15) is 0 Å². The number of carbonyl (C=O) groups excluding carboxylic acids is 2. The zero-order valence-electron chi connectivity index (χ0n) is 10.1. The number of carbonyl (C=O) groups is 2. The minimum Gasteiger partial charge on any atom is -0.339 e. The second-order valence-corrected chi connectivity index (χ2v) is 4.96. The minimum atomic E-state index is 0.113. The second kappa shape index (κ2) is 4.44. The molecule has 1 unspecified atom stereocenters. The molecule has 2 amide bonds. The van der Waals surface area contributed by atoms with Crippen molar-refractivity contribution >= 4 is 11.8 Å². The molecule has 1 saturated carbocycles. The molecular weight excluding hydrogens is 204 g/mol. The topological polar surface area (TPSA) is 40.6 Å². The van der Waals surface area contributed by atoms with Gasteiger partial charge in [0.05, 0.1) is 0 Å². The fraction of sp³-hybridized carbons (Fsp3) is 0.833. The number of amides is 2. The number of nitrogens with zero attached hydrogens (tertiary/aromatic N) is 2. The Hall–Kier alpha value is -1.06. The van der Waals surface area contributed by atoms with Crippen LogP contribution in [0.3, 0.4) is 0 Å². The Morgan fingerprint density at radius 3 is 2.00 bits per heavy atom. The number of hydrogen-bond donors (Lipinski definition) is 0. The summed E-state index contributed by atoms with van der Waals surface area (Å²) in [5, 5.41) is 0. The van der Waals surface area contributed by atoms with Gasteiger partial charge in [0.25, 0.3) is 0 Å². The molecule has 0 radical (unpaired) electrons. The molecule has 2 rings (SSSR count). The zero-order valence-corrected chi connectivity index (χ0v) is 10.1.